The number of nitrogens with zero attached hydrogens (tertiary/aromatic N) is 3. The summed E-state index contributed by atoms with van der Waals surface area (Å²) in [4.78, 5) is 0.341. The average molecular weight is 215 g/mol. The van der Waals surface area contributed by atoms with Gasteiger partial charge in [-0.15, -0.1) is 16.4 Å². The first-order valence-corrected chi connectivity index (χ1v) is 4.81. The summed E-state index contributed by atoms with van der Waals surface area (Å²) < 4.78 is 13.0. The van der Waals surface area contributed by atoms with Gasteiger partial charge in [0.05, 0.1) is 10.5 Å². The van der Waals surface area contributed by atoms with Crippen LogP contribution >= 0.6 is 11.3 Å². The molecule has 0 aliphatic carbocycles. The van der Waals surface area contributed by atoms with Crippen molar-refractivity contribution in [2.75, 3.05) is 0 Å². The molecular weight excluding hydrogens is 212 g/mol. The van der Waals surface area contributed by atoms with E-state index in [2.05, 4.69) is 10.2 Å². The van der Waals surface area contributed by atoms with Crippen molar-refractivity contribution in [2.45, 2.75) is 0 Å². The van der Waals surface area contributed by atoms with Gasteiger partial charge in [-0.25, -0.2) is 4.39 Å². The summed E-state index contributed by atoms with van der Waals surface area (Å²) in [5.74, 6) is -0.543. The predicted molar refractivity (Wildman–Crippen MR) is 55.4 cm³/mol. The van der Waals surface area contributed by atoms with Crippen LogP contribution in [0.2, 0.25) is 0 Å². The van der Waals surface area contributed by atoms with Gasteiger partial charge >= 0.3 is 0 Å². The van der Waals surface area contributed by atoms with Gasteiger partial charge in [0.25, 0.3) is 0 Å². The highest BCUT2D eigenvalue weighted by molar-refractivity contribution is 7.22. The first-order chi connectivity index (χ1) is 7.20. The highest BCUT2D eigenvalue weighted by Crippen LogP contribution is 2.21. The minimum absolute atomic E-state index is 0.0127. The number of hydrogen-bond acceptors (Lipinski definition) is 4. The Morgan fingerprint density at radius 2 is 2.20 bits per heavy atom. The van der Waals surface area contributed by atoms with Gasteiger partial charge < -0.3 is 0 Å². The fraction of sp³-hybridized carbons (Fsp3) is 0. The molecule has 0 saturated heterocycles. The molecule has 70 valence electrons. The molecule has 1 heterocycles. The fourth-order valence-electron chi connectivity index (χ4n) is 1.10. The topological polar surface area (TPSA) is 49.6 Å². The molecule has 6 heteroatoms. The minimum Gasteiger partial charge on any atom is -0.206 e. The first-order valence-electron chi connectivity index (χ1n) is 3.99. The monoisotopic (exact) mass is 215 g/mol. The molecule has 3 nitrogen and oxygen atoms in total. The minimum atomic E-state index is -0.543. The quantitative estimate of drug-likeness (QED) is 0.667. The molecule has 0 spiro atoms. The largest absolute Gasteiger partial charge is 0.206 e. The highest BCUT2D eigenvalue weighted by atomic mass is 32.1. The Bertz CT molecular complexity index is 547. The number of nitriles is 1. The maximum absolute atomic E-state index is 13.0. The summed E-state index contributed by atoms with van der Waals surface area (Å²) in [6, 6.07) is 5.95. The molecule has 0 amide bonds. The molecule has 0 atom stereocenters. The molecule has 0 unspecified atom stereocenters. The van der Waals surface area contributed by atoms with E-state index in [0.717, 1.165) is 0 Å². The van der Waals surface area contributed by atoms with Crippen LogP contribution in [0, 0.1) is 17.1 Å². The second kappa shape index (κ2) is 3.79. The van der Waals surface area contributed by atoms with E-state index in [4.69, 9.17) is 13.1 Å². The van der Waals surface area contributed by atoms with Crippen molar-refractivity contribution in [3.8, 4) is 16.6 Å². The summed E-state index contributed by atoms with van der Waals surface area (Å²) in [5.41, 5.74) is 0.628. The summed E-state index contributed by atoms with van der Waals surface area (Å²) in [5, 5.41) is 16.7. The fourth-order valence-corrected chi connectivity index (χ4v) is 1.70. The SMILES string of the molecule is [B]c1nnc(-c2ccc(F)c(C#N)c2)s1. The van der Waals surface area contributed by atoms with Crippen molar-refractivity contribution in [1.82, 2.24) is 10.2 Å². The number of rotatable bonds is 1. The van der Waals surface area contributed by atoms with E-state index in [1.165, 1.54) is 29.5 Å². The molecule has 1 aromatic heterocycles. The maximum atomic E-state index is 13.0. The van der Waals surface area contributed by atoms with Crippen LogP contribution in [0.5, 0.6) is 0 Å². The average Bonchev–Trinajstić information content (AvgIpc) is 2.66. The molecule has 2 rings (SSSR count). The zero-order valence-corrected chi connectivity index (χ0v) is 8.25. The van der Waals surface area contributed by atoms with Crippen LogP contribution < -0.4 is 4.91 Å². The van der Waals surface area contributed by atoms with Crippen molar-refractivity contribution in [1.29, 1.82) is 5.26 Å². The molecule has 0 aliphatic rings. The normalized spacial score (nSPS) is 9.87. The molecule has 0 fully saturated rings. The molecule has 0 aliphatic heterocycles. The third-order valence-corrected chi connectivity index (χ3v) is 2.58. The summed E-state index contributed by atoms with van der Waals surface area (Å²) in [7, 11) is 5.42. The third-order valence-electron chi connectivity index (χ3n) is 1.77. The smallest absolute Gasteiger partial charge is 0.159 e. The van der Waals surface area contributed by atoms with E-state index >= 15 is 0 Å². The lowest BCUT2D eigenvalue weighted by molar-refractivity contribution is 0.624. The molecule has 0 bridgehead atoms. The van der Waals surface area contributed by atoms with Gasteiger partial charge in [0, 0.05) is 5.56 Å². The summed E-state index contributed by atoms with van der Waals surface area (Å²) in [6.45, 7) is 0. The van der Waals surface area contributed by atoms with Crippen LogP contribution in [0.1, 0.15) is 5.56 Å². The van der Waals surface area contributed by atoms with Crippen LogP contribution in [0.15, 0.2) is 18.2 Å². The second-order valence-electron chi connectivity index (χ2n) is 2.75. The van der Waals surface area contributed by atoms with E-state index in [-0.39, 0.29) is 5.56 Å². The van der Waals surface area contributed by atoms with E-state index in [1.54, 1.807) is 6.07 Å². The molecule has 15 heavy (non-hydrogen) atoms. The molecule has 1 aromatic carbocycles. The van der Waals surface area contributed by atoms with Crippen molar-refractivity contribution in [3.63, 3.8) is 0 Å². The lowest BCUT2D eigenvalue weighted by Gasteiger charge is -1.96. The Kier molecular flexibility index (Phi) is 2.48. The van der Waals surface area contributed by atoms with Crippen LogP contribution in [-0.2, 0) is 0 Å². The zero-order valence-electron chi connectivity index (χ0n) is 7.44. The highest BCUT2D eigenvalue weighted by Gasteiger charge is 2.07. The number of aromatic nitrogens is 2. The number of hydrogen-bond donors (Lipinski definition) is 0. The van der Waals surface area contributed by atoms with E-state index in [0.29, 0.717) is 15.5 Å². The van der Waals surface area contributed by atoms with Crippen LogP contribution in [-0.4, -0.2) is 18.0 Å². The van der Waals surface area contributed by atoms with E-state index in [9.17, 15) is 4.39 Å². The van der Waals surface area contributed by atoms with Crippen molar-refractivity contribution < 1.29 is 4.39 Å². The zero-order chi connectivity index (χ0) is 10.8. The molecular formula is C9H3BFN3S. The van der Waals surface area contributed by atoms with Crippen LogP contribution in [0.25, 0.3) is 10.6 Å². The summed E-state index contributed by atoms with van der Waals surface area (Å²) >= 11 is 1.19. The van der Waals surface area contributed by atoms with Gasteiger partial charge in [-0.2, -0.15) is 10.4 Å². The van der Waals surface area contributed by atoms with E-state index < -0.39 is 5.82 Å². The lowest BCUT2D eigenvalue weighted by Crippen LogP contribution is -1.97. The summed E-state index contributed by atoms with van der Waals surface area (Å²) in [6.07, 6.45) is 0. The Morgan fingerprint density at radius 1 is 1.40 bits per heavy atom. The number of halogens is 1. The Hall–Kier alpha value is -1.74. The van der Waals surface area contributed by atoms with Gasteiger partial charge in [0.1, 0.15) is 16.9 Å². The van der Waals surface area contributed by atoms with Gasteiger partial charge in [0.2, 0.25) is 0 Å². The van der Waals surface area contributed by atoms with E-state index in [1.807, 2.05) is 0 Å². The third kappa shape index (κ3) is 1.87. The standard InChI is InChI=1S/C9H3BFN3S/c10-9-14-13-8(15-9)5-1-2-7(11)6(3-5)4-12/h1-3H. The van der Waals surface area contributed by atoms with Crippen molar-refractivity contribution in [3.05, 3.63) is 29.6 Å². The van der Waals surface area contributed by atoms with Gasteiger partial charge in [-0.1, -0.05) is 0 Å². The van der Waals surface area contributed by atoms with Gasteiger partial charge in [-0.3, -0.25) is 0 Å². The first kappa shape index (κ1) is 9.81. The number of benzene rings is 1. The molecule has 0 N–H and O–H groups in total. The van der Waals surface area contributed by atoms with Crippen molar-refractivity contribution in [2.24, 2.45) is 0 Å². The Morgan fingerprint density at radius 3 is 2.80 bits per heavy atom. The Labute approximate surface area is 90.6 Å². The van der Waals surface area contributed by atoms with Gasteiger partial charge in [0.15, 0.2) is 7.85 Å². The Balaban J connectivity index is 2.51. The lowest BCUT2D eigenvalue weighted by atomic mass is 10.1. The second-order valence-corrected chi connectivity index (χ2v) is 3.76. The maximum Gasteiger partial charge on any atom is 0.159 e. The molecule has 2 aromatic rings. The van der Waals surface area contributed by atoms with Crippen molar-refractivity contribution >= 4 is 24.1 Å². The van der Waals surface area contributed by atoms with Crippen LogP contribution in [0.3, 0.4) is 0 Å². The van der Waals surface area contributed by atoms with Gasteiger partial charge in [-0.05, 0) is 18.2 Å². The predicted octanol–water partition coefficient (Wildman–Crippen LogP) is 1.01. The molecule has 0 saturated carbocycles. The van der Waals surface area contributed by atoms with Crippen LogP contribution in [0.4, 0.5) is 4.39 Å². The molecule has 2 radical (unpaired) electrons.